The number of carbonyl (C=O) groups is 1. The predicted molar refractivity (Wildman–Crippen MR) is 177 cm³/mol. The SMILES string of the molecule is CC(C)(C)c1ccccc1C([NH-])=O.[Cl][Ti][Cl].[c-]1cccc2c1Cc1ccccc1-2.c1ccc([Si]c2ccccc2)cc1. The molecular formula is C36H33Cl2NOSiTi-2. The molecule has 1 amide bonds. The van der Waals surface area contributed by atoms with Gasteiger partial charge in [0.1, 0.15) is 9.52 Å². The van der Waals surface area contributed by atoms with Gasteiger partial charge in [-0.3, -0.25) is 0 Å². The summed E-state index contributed by atoms with van der Waals surface area (Å²) in [5.74, 6) is -0.606. The van der Waals surface area contributed by atoms with Crippen LogP contribution in [0.2, 0.25) is 0 Å². The molecule has 0 bridgehead atoms. The Kier molecular flexibility index (Phi) is 13.8. The third-order valence-electron chi connectivity index (χ3n) is 6.43. The standard InChI is InChI=1S/C13H9.C12H10Si.C11H15NO.2ClH.Ti/c1-3-7-12-10(5-1)9-11-6-2-4-8-13(11)12;1-3-7-11(8-4-1)13-12-9-5-2-6-10-12;1-11(2,3)9-7-5-4-6-8(9)10(12)13;;;/h1-5,7-8H,9H2;1-10H;4-7H,1-3H3,(H2,12,13);2*1H;/q-1;;;;;+2/p-3. The fourth-order valence-electron chi connectivity index (χ4n) is 4.54. The molecule has 0 atom stereocenters. The number of hydrogen-bond donors (Lipinski definition) is 0. The predicted octanol–water partition coefficient (Wildman–Crippen LogP) is 8.95. The van der Waals surface area contributed by atoms with Crippen molar-refractivity contribution < 1.29 is 21.8 Å². The van der Waals surface area contributed by atoms with Crippen LogP contribution >= 0.6 is 18.6 Å². The maximum absolute atomic E-state index is 11.0. The minimum absolute atomic E-state index is 0.0761. The van der Waals surface area contributed by atoms with Crippen LogP contribution < -0.4 is 10.4 Å². The van der Waals surface area contributed by atoms with E-state index in [1.807, 2.05) is 39.0 Å². The molecule has 0 heterocycles. The summed E-state index contributed by atoms with van der Waals surface area (Å²) >= 11 is -0.556. The van der Waals surface area contributed by atoms with Crippen LogP contribution in [0.25, 0.3) is 16.9 Å². The number of hydrogen-bond acceptors (Lipinski definition) is 1. The molecule has 0 saturated heterocycles. The fraction of sp³-hybridized carbons (Fsp3) is 0.139. The normalized spacial score (nSPS) is 10.7. The average molecular weight is 643 g/mol. The second-order valence-corrected chi connectivity index (χ2v) is 14.4. The van der Waals surface area contributed by atoms with Gasteiger partial charge in [-0.05, 0) is 17.4 Å². The van der Waals surface area contributed by atoms with Crippen molar-refractivity contribution in [2.24, 2.45) is 0 Å². The molecule has 0 saturated carbocycles. The van der Waals surface area contributed by atoms with Crippen LogP contribution in [0.15, 0.2) is 127 Å². The van der Waals surface area contributed by atoms with E-state index in [9.17, 15) is 4.79 Å². The third kappa shape index (κ3) is 10.4. The molecule has 0 spiro atoms. The molecule has 2 nitrogen and oxygen atoms in total. The second-order valence-electron chi connectivity index (χ2n) is 10.4. The number of rotatable bonds is 3. The van der Waals surface area contributed by atoms with Gasteiger partial charge in [-0.2, -0.15) is 29.8 Å². The zero-order valence-corrected chi connectivity index (χ0v) is 28.1. The molecule has 1 aliphatic carbocycles. The Morgan fingerprint density at radius 2 is 1.24 bits per heavy atom. The first-order valence-electron chi connectivity index (χ1n) is 13.5. The maximum Gasteiger partial charge on any atom is 0.121 e. The summed E-state index contributed by atoms with van der Waals surface area (Å²) in [7, 11) is 10.6. The largest absolute Gasteiger partial charge is 0.179 e. The van der Waals surface area contributed by atoms with E-state index >= 15 is 0 Å². The van der Waals surface area contributed by atoms with E-state index in [2.05, 4.69) is 103 Å². The van der Waals surface area contributed by atoms with Gasteiger partial charge in [0, 0.05) is 5.56 Å². The molecule has 1 N–H and O–H groups in total. The maximum atomic E-state index is 11.0. The number of benzene rings is 5. The van der Waals surface area contributed by atoms with E-state index in [-0.39, 0.29) is 5.41 Å². The van der Waals surface area contributed by atoms with E-state index in [0.29, 0.717) is 5.56 Å². The molecule has 42 heavy (non-hydrogen) atoms. The van der Waals surface area contributed by atoms with Gasteiger partial charge in [0.05, 0.1) is 5.91 Å². The van der Waals surface area contributed by atoms with Crippen molar-refractivity contribution in [3.63, 3.8) is 0 Å². The van der Waals surface area contributed by atoms with Crippen LogP contribution in [0.5, 0.6) is 0 Å². The van der Waals surface area contributed by atoms with Crippen molar-refractivity contribution in [3.8, 4) is 11.1 Å². The minimum atomic E-state index is -0.606. The van der Waals surface area contributed by atoms with Gasteiger partial charge in [-0.25, -0.2) is 0 Å². The number of fused-ring (bicyclic) bond motifs is 3. The average Bonchev–Trinajstić information content (AvgIpc) is 3.38. The molecule has 0 aliphatic heterocycles. The van der Waals surface area contributed by atoms with Gasteiger partial charge in [-0.1, -0.05) is 151 Å². The van der Waals surface area contributed by atoms with Crippen LogP contribution in [0.4, 0.5) is 0 Å². The summed E-state index contributed by atoms with van der Waals surface area (Å²) in [6.07, 6.45) is 1.05. The Morgan fingerprint density at radius 3 is 1.79 bits per heavy atom. The van der Waals surface area contributed by atoms with Crippen molar-refractivity contribution in [3.05, 3.63) is 161 Å². The number of nitrogens with one attached hydrogen (secondary N) is 1. The van der Waals surface area contributed by atoms with Crippen LogP contribution in [-0.2, 0) is 28.9 Å². The van der Waals surface area contributed by atoms with Crippen molar-refractivity contribution in [2.75, 3.05) is 0 Å². The first-order valence-corrected chi connectivity index (χ1v) is 18.8. The van der Waals surface area contributed by atoms with Gasteiger partial charge >= 0.3 is 35.6 Å². The summed E-state index contributed by atoms with van der Waals surface area (Å²) in [5.41, 5.74) is 14.0. The summed E-state index contributed by atoms with van der Waals surface area (Å²) in [4.78, 5) is 11.0. The quantitative estimate of drug-likeness (QED) is 0.140. The summed E-state index contributed by atoms with van der Waals surface area (Å²) in [6, 6.07) is 46.6. The van der Waals surface area contributed by atoms with Crippen molar-refractivity contribution in [2.45, 2.75) is 32.6 Å². The second kappa shape index (κ2) is 17.3. The zero-order chi connectivity index (χ0) is 30.4. The van der Waals surface area contributed by atoms with Crippen LogP contribution in [0.3, 0.4) is 0 Å². The molecular weight excluding hydrogens is 609 g/mol. The Bertz CT molecular complexity index is 1460. The van der Waals surface area contributed by atoms with E-state index < -0.39 is 22.9 Å². The number of halogens is 2. The molecule has 6 heteroatoms. The van der Waals surface area contributed by atoms with E-state index in [1.54, 1.807) is 12.1 Å². The Morgan fingerprint density at radius 1 is 0.738 bits per heavy atom. The van der Waals surface area contributed by atoms with E-state index in [1.165, 1.54) is 32.6 Å². The Hall–Kier alpha value is -2.92. The first-order chi connectivity index (χ1) is 20.2. The first kappa shape index (κ1) is 33.6. The molecule has 1 aliphatic rings. The topological polar surface area (TPSA) is 40.9 Å². The van der Waals surface area contributed by atoms with Crippen molar-refractivity contribution in [1.82, 2.24) is 0 Å². The molecule has 6 rings (SSSR count). The smallest absolute Gasteiger partial charge is 0.121 e. The van der Waals surface area contributed by atoms with Gasteiger partial charge in [0.2, 0.25) is 0 Å². The fourth-order valence-corrected chi connectivity index (χ4v) is 5.59. The summed E-state index contributed by atoms with van der Waals surface area (Å²) < 4.78 is 0. The third-order valence-corrected chi connectivity index (χ3v) is 7.68. The molecule has 0 fully saturated rings. The molecule has 0 unspecified atom stereocenters. The van der Waals surface area contributed by atoms with Gasteiger partial charge < -0.3 is 10.5 Å². The summed E-state index contributed by atoms with van der Waals surface area (Å²) in [5, 5.41) is 2.79. The van der Waals surface area contributed by atoms with Gasteiger partial charge in [0.15, 0.2) is 0 Å². The van der Waals surface area contributed by atoms with Crippen molar-refractivity contribution >= 4 is 44.4 Å². The van der Waals surface area contributed by atoms with Crippen molar-refractivity contribution in [1.29, 1.82) is 0 Å². The van der Waals surface area contributed by atoms with Crippen LogP contribution in [0.1, 0.15) is 47.8 Å². The number of carbonyl (C=O) groups excluding carboxylic acids is 1. The molecule has 0 aromatic heterocycles. The summed E-state index contributed by atoms with van der Waals surface area (Å²) in [6.45, 7) is 6.11. The molecule has 2 radical (unpaired) electrons. The monoisotopic (exact) mass is 641 g/mol. The number of amides is 1. The van der Waals surface area contributed by atoms with E-state index in [0.717, 1.165) is 21.5 Å². The Labute approximate surface area is 269 Å². The molecule has 212 valence electrons. The van der Waals surface area contributed by atoms with E-state index in [4.69, 9.17) is 24.3 Å². The molecule has 5 aromatic carbocycles. The van der Waals surface area contributed by atoms with Crippen LogP contribution in [-0.4, -0.2) is 15.4 Å². The van der Waals surface area contributed by atoms with Gasteiger partial charge in [0.25, 0.3) is 0 Å². The minimum Gasteiger partial charge on any atom is -0.179 e. The van der Waals surface area contributed by atoms with Crippen LogP contribution in [0, 0.1) is 6.07 Å². The molecule has 5 aromatic rings. The van der Waals surface area contributed by atoms with Gasteiger partial charge in [-0.15, -0.1) is 5.56 Å². The Balaban J connectivity index is 0.000000165. The zero-order valence-electron chi connectivity index (χ0n) is 24.0.